The molecule has 0 bridgehead atoms. The summed E-state index contributed by atoms with van der Waals surface area (Å²) in [5, 5.41) is 100. The summed E-state index contributed by atoms with van der Waals surface area (Å²) in [6.07, 6.45) is -21.7. The molecule has 10 N–H and O–H groups in total. The highest BCUT2D eigenvalue weighted by atomic mass is 16.7. The smallest absolute Gasteiger partial charge is 0.187 e. The van der Waals surface area contributed by atoms with Crippen LogP contribution in [0.2, 0.25) is 0 Å². The summed E-state index contributed by atoms with van der Waals surface area (Å²) in [6, 6.07) is 0. The first-order valence-electron chi connectivity index (χ1n) is 10.9. The Labute approximate surface area is 194 Å². The molecular weight excluding hydrogens is 468 g/mol. The van der Waals surface area contributed by atoms with Crippen LogP contribution in [0.1, 0.15) is 6.92 Å². The number of hydrogen-bond donors (Lipinski definition) is 10. The van der Waals surface area contributed by atoms with Crippen LogP contribution in [0.25, 0.3) is 0 Å². The van der Waals surface area contributed by atoms with Gasteiger partial charge in [-0.1, -0.05) is 6.92 Å². The van der Waals surface area contributed by atoms with E-state index in [1.54, 1.807) is 0 Å². The summed E-state index contributed by atoms with van der Waals surface area (Å²) < 4.78 is 27.0. The average molecular weight is 502 g/mol. The molecule has 15 atom stereocenters. The Bertz CT molecular complexity index is 637. The zero-order chi connectivity index (χ0) is 25.3. The summed E-state index contributed by atoms with van der Waals surface area (Å²) in [5.74, 6) is -0.839. The van der Waals surface area contributed by atoms with Gasteiger partial charge in [-0.25, -0.2) is 0 Å². The quantitative estimate of drug-likeness (QED) is 0.155. The molecule has 3 fully saturated rings. The molecule has 0 aromatic rings. The third-order valence-electron chi connectivity index (χ3n) is 6.44. The van der Waals surface area contributed by atoms with Crippen LogP contribution < -0.4 is 0 Å². The van der Waals surface area contributed by atoms with E-state index in [1.807, 2.05) is 0 Å². The van der Waals surface area contributed by atoms with E-state index in [0.717, 1.165) is 0 Å². The molecule has 3 aliphatic rings. The van der Waals surface area contributed by atoms with Gasteiger partial charge in [-0.3, -0.25) is 0 Å². The fraction of sp³-hybridized carbons (Fsp3) is 1.00. The molecule has 0 aliphatic carbocycles. The lowest BCUT2D eigenvalue weighted by Crippen LogP contribution is -2.66. The zero-order valence-corrected chi connectivity index (χ0v) is 18.3. The Morgan fingerprint density at radius 2 is 1.03 bits per heavy atom. The van der Waals surface area contributed by atoms with Gasteiger partial charge in [-0.05, 0) is 0 Å². The van der Waals surface area contributed by atoms with E-state index in [-0.39, 0.29) is 0 Å². The molecular formula is C19H34O15. The molecule has 200 valence electrons. The molecule has 3 heterocycles. The molecule has 0 aromatic heterocycles. The molecule has 15 nitrogen and oxygen atoms in total. The number of ether oxygens (including phenoxy) is 5. The highest BCUT2D eigenvalue weighted by Gasteiger charge is 2.53. The molecule has 3 saturated heterocycles. The molecule has 0 radical (unpaired) electrons. The molecule has 6 unspecified atom stereocenters. The predicted octanol–water partition coefficient (Wildman–Crippen LogP) is -6.30. The predicted molar refractivity (Wildman–Crippen MR) is 104 cm³/mol. The van der Waals surface area contributed by atoms with Crippen LogP contribution in [0.5, 0.6) is 0 Å². The Kier molecular flexibility index (Phi) is 9.57. The second-order valence-electron chi connectivity index (χ2n) is 8.70. The van der Waals surface area contributed by atoms with Gasteiger partial charge in [0, 0.05) is 5.92 Å². The lowest BCUT2D eigenvalue weighted by atomic mass is 9.92. The molecule has 0 aromatic carbocycles. The van der Waals surface area contributed by atoms with Gasteiger partial charge in [0.2, 0.25) is 0 Å². The van der Waals surface area contributed by atoms with Crippen molar-refractivity contribution in [1.82, 2.24) is 0 Å². The number of hydrogen-bond acceptors (Lipinski definition) is 15. The fourth-order valence-corrected chi connectivity index (χ4v) is 4.20. The van der Waals surface area contributed by atoms with Crippen molar-refractivity contribution in [2.75, 3.05) is 19.8 Å². The van der Waals surface area contributed by atoms with Crippen molar-refractivity contribution in [2.45, 2.75) is 92.9 Å². The highest BCUT2D eigenvalue weighted by Crippen LogP contribution is 2.33. The van der Waals surface area contributed by atoms with E-state index in [9.17, 15) is 51.1 Å². The van der Waals surface area contributed by atoms with Crippen LogP contribution >= 0.6 is 0 Å². The molecule has 0 spiro atoms. The highest BCUT2D eigenvalue weighted by molar-refractivity contribution is 4.95. The lowest BCUT2D eigenvalue weighted by Gasteiger charge is -2.48. The average Bonchev–Trinajstić information content (AvgIpc) is 2.83. The van der Waals surface area contributed by atoms with Crippen molar-refractivity contribution in [1.29, 1.82) is 0 Å². The van der Waals surface area contributed by atoms with Crippen molar-refractivity contribution in [3.05, 3.63) is 0 Å². The Morgan fingerprint density at radius 1 is 0.529 bits per heavy atom. The van der Waals surface area contributed by atoms with Crippen molar-refractivity contribution < 1.29 is 74.7 Å². The topological polar surface area (TPSA) is 248 Å². The van der Waals surface area contributed by atoms with Gasteiger partial charge in [-0.2, -0.15) is 0 Å². The number of rotatable bonds is 7. The minimum atomic E-state index is -1.83. The van der Waals surface area contributed by atoms with Gasteiger partial charge in [-0.15, -0.1) is 0 Å². The summed E-state index contributed by atoms with van der Waals surface area (Å²) in [7, 11) is 0. The van der Waals surface area contributed by atoms with E-state index in [0.29, 0.717) is 0 Å². The fourth-order valence-electron chi connectivity index (χ4n) is 4.20. The molecule has 15 heteroatoms. The normalized spacial score (nSPS) is 52.5. The first-order valence-corrected chi connectivity index (χ1v) is 10.9. The van der Waals surface area contributed by atoms with E-state index >= 15 is 0 Å². The van der Waals surface area contributed by atoms with Crippen LogP contribution in [0, 0.1) is 5.92 Å². The Morgan fingerprint density at radius 3 is 1.59 bits per heavy atom. The van der Waals surface area contributed by atoms with E-state index in [2.05, 4.69) is 0 Å². The van der Waals surface area contributed by atoms with Gasteiger partial charge >= 0.3 is 0 Å². The third-order valence-corrected chi connectivity index (χ3v) is 6.44. The van der Waals surface area contributed by atoms with E-state index in [4.69, 9.17) is 23.7 Å². The molecule has 34 heavy (non-hydrogen) atoms. The monoisotopic (exact) mass is 502 g/mol. The summed E-state index contributed by atoms with van der Waals surface area (Å²) in [4.78, 5) is 0. The van der Waals surface area contributed by atoms with Crippen LogP contribution in [0.3, 0.4) is 0 Å². The standard InChI is InChI=1S/C19H34O15/c1-5-9(23)15(8(4-22)30-17(5)29)33-19-14(28)16(11(25)7(3-21)32-19)34-18-13(27)12(26)10(24)6(2-20)31-18/h5-29H,2-4H2,1H3/t5?,6-,7?,8?,9+,10+,11+,12?,13?,14?,15+,16+,17+,18+,19-/m0/s1. The van der Waals surface area contributed by atoms with Crippen LogP contribution in [0.15, 0.2) is 0 Å². The maximum absolute atomic E-state index is 10.8. The van der Waals surface area contributed by atoms with E-state index in [1.165, 1.54) is 6.92 Å². The van der Waals surface area contributed by atoms with E-state index < -0.39 is 112 Å². The van der Waals surface area contributed by atoms with Gasteiger partial charge in [0.15, 0.2) is 18.9 Å². The molecule has 0 amide bonds. The SMILES string of the molecule is CC1[C@H](O)OC(CO)[C@@H](O[C@@H]2OC(CO)[C@@H](O)[C@@H](O[C@H]3O[C@@H](CO)[C@@H](O)C(O)C3O)C2O)[C@@H]1O. The van der Waals surface area contributed by atoms with Crippen molar-refractivity contribution in [3.8, 4) is 0 Å². The summed E-state index contributed by atoms with van der Waals surface area (Å²) in [6.45, 7) is -0.695. The van der Waals surface area contributed by atoms with Gasteiger partial charge in [0.25, 0.3) is 0 Å². The van der Waals surface area contributed by atoms with Crippen molar-refractivity contribution in [2.24, 2.45) is 5.92 Å². The maximum Gasteiger partial charge on any atom is 0.187 e. The lowest BCUT2D eigenvalue weighted by molar-refractivity contribution is -0.376. The number of aliphatic hydroxyl groups is 10. The van der Waals surface area contributed by atoms with Crippen molar-refractivity contribution in [3.63, 3.8) is 0 Å². The minimum Gasteiger partial charge on any atom is -0.394 e. The molecule has 3 aliphatic heterocycles. The third kappa shape index (κ3) is 5.39. The first-order chi connectivity index (χ1) is 16.0. The second-order valence-corrected chi connectivity index (χ2v) is 8.70. The second kappa shape index (κ2) is 11.6. The van der Waals surface area contributed by atoms with Crippen LogP contribution in [-0.4, -0.2) is 157 Å². The summed E-state index contributed by atoms with van der Waals surface area (Å²) >= 11 is 0. The Balaban J connectivity index is 1.78. The van der Waals surface area contributed by atoms with Gasteiger partial charge < -0.3 is 74.7 Å². The van der Waals surface area contributed by atoms with Gasteiger partial charge in [0.1, 0.15) is 61.0 Å². The van der Waals surface area contributed by atoms with Crippen LogP contribution in [0.4, 0.5) is 0 Å². The first kappa shape index (κ1) is 28.0. The van der Waals surface area contributed by atoms with Gasteiger partial charge in [0.05, 0.1) is 25.9 Å². The van der Waals surface area contributed by atoms with Crippen LogP contribution in [-0.2, 0) is 23.7 Å². The van der Waals surface area contributed by atoms with Crippen molar-refractivity contribution >= 4 is 0 Å². The largest absolute Gasteiger partial charge is 0.394 e. The summed E-state index contributed by atoms with van der Waals surface area (Å²) in [5.41, 5.74) is 0. The maximum atomic E-state index is 10.8. The zero-order valence-electron chi connectivity index (χ0n) is 18.3. The molecule has 0 saturated carbocycles. The minimum absolute atomic E-state index is 0.662. The molecule has 3 rings (SSSR count). The Hall–Kier alpha value is -0.600. The number of aliphatic hydroxyl groups excluding tert-OH is 10.